The molecule has 1 saturated heterocycles. The average Bonchev–Trinajstić information content (AvgIpc) is 2.69. The summed E-state index contributed by atoms with van der Waals surface area (Å²) < 4.78 is 0. The summed E-state index contributed by atoms with van der Waals surface area (Å²) in [7, 11) is 0. The van der Waals surface area contributed by atoms with Crippen LogP contribution in [-0.2, 0) is 4.79 Å². The predicted octanol–water partition coefficient (Wildman–Crippen LogP) is 2.44. The van der Waals surface area contributed by atoms with Crippen molar-refractivity contribution in [3.63, 3.8) is 0 Å². The van der Waals surface area contributed by atoms with Crippen molar-refractivity contribution in [1.82, 2.24) is 10.2 Å². The largest absolute Gasteiger partial charge is 0.507 e. The van der Waals surface area contributed by atoms with Gasteiger partial charge in [0, 0.05) is 17.6 Å². The summed E-state index contributed by atoms with van der Waals surface area (Å²) >= 11 is 11.7. The molecule has 0 bridgehead atoms. The van der Waals surface area contributed by atoms with Gasteiger partial charge in [0.25, 0.3) is 5.91 Å². The fraction of sp³-hybridized carbons (Fsp3) is 0.429. The van der Waals surface area contributed by atoms with Gasteiger partial charge in [-0.2, -0.15) is 0 Å². The Bertz CT molecular complexity index is 567. The Hall–Kier alpha value is -1.46. The summed E-state index contributed by atoms with van der Waals surface area (Å²) in [6, 6.07) is 2.10. The third kappa shape index (κ3) is 3.24. The monoisotopic (exact) mass is 330 g/mol. The number of halogens is 2. The highest BCUT2D eigenvalue weighted by Crippen LogP contribution is 2.30. The summed E-state index contributed by atoms with van der Waals surface area (Å²) in [4.78, 5) is 26.0. The van der Waals surface area contributed by atoms with Crippen LogP contribution in [0.1, 0.15) is 30.6 Å². The highest BCUT2D eigenvalue weighted by Gasteiger charge is 2.34. The topological polar surface area (TPSA) is 69.6 Å². The highest BCUT2D eigenvalue weighted by molar-refractivity contribution is 6.37. The molecule has 7 heteroatoms. The van der Waals surface area contributed by atoms with Crippen molar-refractivity contribution in [3.05, 3.63) is 27.7 Å². The van der Waals surface area contributed by atoms with Crippen LogP contribution in [0.25, 0.3) is 0 Å². The zero-order chi connectivity index (χ0) is 15.7. The average molecular weight is 331 g/mol. The third-order valence-corrected chi connectivity index (χ3v) is 3.95. The lowest BCUT2D eigenvalue weighted by Gasteiger charge is -2.21. The SMILES string of the molecule is CC(C)N1CC[C@H](NC(=O)c2c(O)cc(Cl)cc2Cl)C1=O. The van der Waals surface area contributed by atoms with Crippen LogP contribution in [0.3, 0.4) is 0 Å². The molecular weight excluding hydrogens is 315 g/mol. The molecule has 2 amide bonds. The van der Waals surface area contributed by atoms with E-state index < -0.39 is 11.9 Å². The first kappa shape index (κ1) is 15.9. The molecule has 114 valence electrons. The lowest BCUT2D eigenvalue weighted by Crippen LogP contribution is -2.43. The fourth-order valence-corrected chi connectivity index (χ4v) is 2.93. The summed E-state index contributed by atoms with van der Waals surface area (Å²) in [5, 5.41) is 12.7. The van der Waals surface area contributed by atoms with Crippen molar-refractivity contribution in [2.24, 2.45) is 0 Å². The number of carbonyl (C=O) groups excluding carboxylic acids is 2. The van der Waals surface area contributed by atoms with E-state index in [0.717, 1.165) is 0 Å². The van der Waals surface area contributed by atoms with Crippen LogP contribution in [0, 0.1) is 0 Å². The number of nitrogens with zero attached hydrogens (tertiary/aromatic N) is 1. The molecular formula is C14H16Cl2N2O3. The Balaban J connectivity index is 2.15. The predicted molar refractivity (Wildman–Crippen MR) is 80.8 cm³/mol. The molecule has 0 aromatic heterocycles. The molecule has 2 N–H and O–H groups in total. The minimum atomic E-state index is -0.592. The standard InChI is InChI=1S/C14H16Cl2N2O3/c1-7(2)18-4-3-10(14(18)21)17-13(20)12-9(16)5-8(15)6-11(12)19/h5-7,10,19H,3-4H2,1-2H3,(H,17,20)/t10-/m0/s1. The fourth-order valence-electron chi connectivity index (χ4n) is 2.36. The zero-order valence-corrected chi connectivity index (χ0v) is 13.2. The van der Waals surface area contributed by atoms with Gasteiger partial charge in [0.1, 0.15) is 11.8 Å². The van der Waals surface area contributed by atoms with Gasteiger partial charge in [-0.15, -0.1) is 0 Å². The van der Waals surface area contributed by atoms with Crippen LogP contribution in [0.4, 0.5) is 0 Å². The summed E-state index contributed by atoms with van der Waals surface area (Å²) in [6.07, 6.45) is 0.536. The van der Waals surface area contributed by atoms with Gasteiger partial charge in [-0.3, -0.25) is 9.59 Å². The molecule has 1 aromatic carbocycles. The van der Waals surface area contributed by atoms with Crippen LogP contribution in [0.5, 0.6) is 5.75 Å². The third-order valence-electron chi connectivity index (χ3n) is 3.43. The number of amides is 2. The van der Waals surface area contributed by atoms with E-state index in [1.165, 1.54) is 12.1 Å². The lowest BCUT2D eigenvalue weighted by atomic mass is 10.1. The first-order valence-electron chi connectivity index (χ1n) is 6.60. The Morgan fingerprint density at radius 1 is 1.43 bits per heavy atom. The zero-order valence-electron chi connectivity index (χ0n) is 11.7. The molecule has 0 unspecified atom stereocenters. The second kappa shape index (κ2) is 6.12. The van der Waals surface area contributed by atoms with Crippen LogP contribution in [0.15, 0.2) is 12.1 Å². The van der Waals surface area contributed by atoms with E-state index in [4.69, 9.17) is 23.2 Å². The molecule has 0 saturated carbocycles. The Morgan fingerprint density at radius 2 is 2.10 bits per heavy atom. The number of carbonyl (C=O) groups is 2. The van der Waals surface area contributed by atoms with Gasteiger partial charge >= 0.3 is 0 Å². The van der Waals surface area contributed by atoms with Crippen molar-refractivity contribution >= 4 is 35.0 Å². The smallest absolute Gasteiger partial charge is 0.257 e. The first-order valence-corrected chi connectivity index (χ1v) is 7.36. The molecule has 1 aliphatic rings. The molecule has 0 aliphatic carbocycles. The van der Waals surface area contributed by atoms with Crippen molar-refractivity contribution < 1.29 is 14.7 Å². The van der Waals surface area contributed by atoms with Crippen molar-refractivity contribution in [1.29, 1.82) is 0 Å². The summed E-state index contributed by atoms with van der Waals surface area (Å²) in [5.41, 5.74) is -0.0723. The van der Waals surface area contributed by atoms with Gasteiger partial charge in [0.05, 0.1) is 10.6 Å². The van der Waals surface area contributed by atoms with E-state index in [-0.39, 0.29) is 33.3 Å². The van der Waals surface area contributed by atoms with E-state index in [0.29, 0.717) is 13.0 Å². The molecule has 1 aromatic rings. The normalized spacial score (nSPS) is 18.4. The molecule has 1 heterocycles. The highest BCUT2D eigenvalue weighted by atomic mass is 35.5. The van der Waals surface area contributed by atoms with Crippen LogP contribution < -0.4 is 5.32 Å². The number of rotatable bonds is 3. The van der Waals surface area contributed by atoms with E-state index in [1.54, 1.807) is 4.90 Å². The first-order chi connectivity index (χ1) is 9.81. The Kier molecular flexibility index (Phi) is 4.64. The second-order valence-corrected chi connectivity index (χ2v) is 6.07. The number of phenols is 1. The van der Waals surface area contributed by atoms with Crippen LogP contribution in [0.2, 0.25) is 10.0 Å². The molecule has 1 aliphatic heterocycles. The van der Waals surface area contributed by atoms with Crippen LogP contribution in [-0.4, -0.2) is 40.4 Å². The summed E-state index contributed by atoms with van der Waals surface area (Å²) in [6.45, 7) is 4.44. The van der Waals surface area contributed by atoms with E-state index >= 15 is 0 Å². The minimum absolute atomic E-state index is 0.0451. The van der Waals surface area contributed by atoms with E-state index in [9.17, 15) is 14.7 Å². The van der Waals surface area contributed by atoms with Crippen LogP contribution >= 0.6 is 23.2 Å². The number of benzene rings is 1. The summed E-state index contributed by atoms with van der Waals surface area (Å²) in [5.74, 6) is -1.02. The van der Waals surface area contributed by atoms with Gasteiger partial charge < -0.3 is 15.3 Å². The quantitative estimate of drug-likeness (QED) is 0.894. The number of likely N-dealkylation sites (tertiary alicyclic amines) is 1. The minimum Gasteiger partial charge on any atom is -0.507 e. The second-order valence-electron chi connectivity index (χ2n) is 5.22. The molecule has 0 spiro atoms. The molecule has 0 radical (unpaired) electrons. The number of hydrogen-bond acceptors (Lipinski definition) is 3. The van der Waals surface area contributed by atoms with Crippen molar-refractivity contribution in [2.45, 2.75) is 32.4 Å². The molecule has 2 rings (SSSR count). The molecule has 21 heavy (non-hydrogen) atoms. The number of hydrogen-bond donors (Lipinski definition) is 2. The van der Waals surface area contributed by atoms with E-state index in [2.05, 4.69) is 5.32 Å². The number of aromatic hydroxyl groups is 1. The molecule has 1 atom stereocenters. The number of phenolic OH excluding ortho intramolecular Hbond substituents is 1. The Labute approximate surface area is 132 Å². The Morgan fingerprint density at radius 3 is 2.62 bits per heavy atom. The van der Waals surface area contributed by atoms with Gasteiger partial charge in [0.15, 0.2) is 0 Å². The van der Waals surface area contributed by atoms with E-state index in [1.807, 2.05) is 13.8 Å². The lowest BCUT2D eigenvalue weighted by molar-refractivity contribution is -0.130. The van der Waals surface area contributed by atoms with Gasteiger partial charge in [-0.05, 0) is 32.4 Å². The van der Waals surface area contributed by atoms with Gasteiger partial charge in [0.2, 0.25) is 5.91 Å². The maximum atomic E-state index is 12.2. The maximum absolute atomic E-state index is 12.2. The number of nitrogens with one attached hydrogen (secondary N) is 1. The van der Waals surface area contributed by atoms with Crippen molar-refractivity contribution in [3.8, 4) is 5.75 Å². The molecule has 5 nitrogen and oxygen atoms in total. The van der Waals surface area contributed by atoms with Crippen molar-refractivity contribution in [2.75, 3.05) is 6.54 Å². The van der Waals surface area contributed by atoms with Gasteiger partial charge in [-0.1, -0.05) is 23.2 Å². The molecule has 1 fully saturated rings. The maximum Gasteiger partial charge on any atom is 0.257 e. The van der Waals surface area contributed by atoms with Gasteiger partial charge in [-0.25, -0.2) is 0 Å².